The van der Waals surface area contributed by atoms with Gasteiger partial charge in [0.15, 0.2) is 11.6 Å². The van der Waals surface area contributed by atoms with Gasteiger partial charge in [-0.2, -0.15) is 0 Å². The molecule has 1 amide bonds. The third-order valence-electron chi connectivity index (χ3n) is 8.14. The predicted molar refractivity (Wildman–Crippen MR) is 150 cm³/mol. The number of carbonyl (C=O) groups excluding carboxylic acids is 3. The third kappa shape index (κ3) is 3.28. The molecule has 0 saturated carbocycles. The van der Waals surface area contributed by atoms with Crippen LogP contribution in [0.1, 0.15) is 32.0 Å². The van der Waals surface area contributed by atoms with E-state index >= 15 is 0 Å². The number of fused-ring (bicyclic) bond motifs is 6. The monoisotopic (exact) mass is 531 g/mol. The molecule has 4 heterocycles. The van der Waals surface area contributed by atoms with Gasteiger partial charge in [0.25, 0.3) is 0 Å². The molecule has 3 aromatic carbocycles. The molecule has 7 heteroatoms. The molecule has 4 aromatic rings. The minimum Gasteiger partial charge on any atom is -0.352 e. The summed E-state index contributed by atoms with van der Waals surface area (Å²) in [6.07, 6.45) is 5.48. The summed E-state index contributed by atoms with van der Waals surface area (Å²) < 4.78 is 0. The highest BCUT2D eigenvalue weighted by molar-refractivity contribution is 6.30. The molecule has 39 heavy (non-hydrogen) atoms. The maximum atomic E-state index is 14.6. The Bertz CT molecular complexity index is 1680. The topological polar surface area (TPSA) is 79.4 Å². The van der Waals surface area contributed by atoms with Crippen molar-refractivity contribution in [1.29, 1.82) is 0 Å². The van der Waals surface area contributed by atoms with Crippen LogP contribution in [-0.4, -0.2) is 34.5 Å². The molecule has 7 rings (SSSR count). The molecule has 1 N–H and O–H groups in total. The average molecular weight is 532 g/mol. The number of hydrogen-bond acceptors (Lipinski definition) is 5. The van der Waals surface area contributed by atoms with Crippen LogP contribution in [-0.2, 0) is 10.2 Å². The van der Waals surface area contributed by atoms with Crippen LogP contribution in [0, 0.1) is 5.92 Å². The van der Waals surface area contributed by atoms with Gasteiger partial charge in [0.1, 0.15) is 17.2 Å². The number of halogens is 1. The number of carbonyl (C=O) groups is 3. The van der Waals surface area contributed by atoms with Crippen molar-refractivity contribution in [2.75, 3.05) is 10.2 Å². The lowest BCUT2D eigenvalue weighted by Gasteiger charge is -2.37. The minimum atomic E-state index is -1.36. The first-order chi connectivity index (χ1) is 19.0. The van der Waals surface area contributed by atoms with Gasteiger partial charge in [0.2, 0.25) is 5.91 Å². The largest absolute Gasteiger partial charge is 0.352 e. The number of pyridine rings is 1. The fraction of sp³-hybridized carbons (Fsp3) is 0.125. The molecule has 1 unspecified atom stereocenters. The zero-order valence-corrected chi connectivity index (χ0v) is 21.4. The molecular weight excluding hydrogens is 510 g/mol. The average Bonchev–Trinajstić information content (AvgIpc) is 3.45. The van der Waals surface area contributed by atoms with E-state index in [0.29, 0.717) is 21.8 Å². The van der Waals surface area contributed by atoms with Crippen molar-refractivity contribution >= 4 is 46.5 Å². The fourth-order valence-corrected chi connectivity index (χ4v) is 6.70. The Morgan fingerprint density at radius 2 is 1.62 bits per heavy atom. The molecule has 3 aliphatic heterocycles. The van der Waals surface area contributed by atoms with Crippen molar-refractivity contribution in [3.8, 4) is 0 Å². The highest BCUT2D eigenvalue weighted by Crippen LogP contribution is 2.58. The van der Waals surface area contributed by atoms with Gasteiger partial charge >= 0.3 is 0 Å². The summed E-state index contributed by atoms with van der Waals surface area (Å²) in [6, 6.07) is 25.4. The summed E-state index contributed by atoms with van der Waals surface area (Å²) in [7, 11) is 0. The molecule has 0 radical (unpaired) electrons. The number of amides is 1. The lowest BCUT2D eigenvalue weighted by atomic mass is 9.64. The zero-order chi connectivity index (χ0) is 26.7. The number of aromatic nitrogens is 1. The van der Waals surface area contributed by atoms with Gasteiger partial charge < -0.3 is 10.2 Å². The van der Waals surface area contributed by atoms with Crippen LogP contribution >= 0.6 is 11.6 Å². The first-order valence-corrected chi connectivity index (χ1v) is 13.1. The van der Waals surface area contributed by atoms with E-state index in [1.165, 1.54) is 0 Å². The zero-order valence-electron chi connectivity index (χ0n) is 20.6. The lowest BCUT2D eigenvalue weighted by Crippen LogP contribution is -2.51. The van der Waals surface area contributed by atoms with Crippen LogP contribution in [0.15, 0.2) is 103 Å². The normalized spacial score (nSPS) is 24.2. The van der Waals surface area contributed by atoms with E-state index in [2.05, 4.69) is 10.3 Å². The maximum absolute atomic E-state index is 14.6. The van der Waals surface area contributed by atoms with E-state index in [0.717, 1.165) is 11.3 Å². The van der Waals surface area contributed by atoms with Crippen LogP contribution in [0.3, 0.4) is 0 Å². The number of rotatable bonds is 4. The van der Waals surface area contributed by atoms with Crippen LogP contribution in [0.2, 0.25) is 5.02 Å². The van der Waals surface area contributed by atoms with Crippen molar-refractivity contribution in [1.82, 2.24) is 4.98 Å². The third-order valence-corrected chi connectivity index (χ3v) is 8.39. The molecule has 4 atom stereocenters. The number of ketones is 2. The predicted octanol–water partition coefficient (Wildman–Crippen LogP) is 5.59. The summed E-state index contributed by atoms with van der Waals surface area (Å²) in [4.78, 5) is 49.6. The molecule has 3 aliphatic rings. The van der Waals surface area contributed by atoms with E-state index in [1.807, 2.05) is 65.6 Å². The van der Waals surface area contributed by atoms with E-state index < -0.39 is 23.4 Å². The fourth-order valence-electron chi connectivity index (χ4n) is 6.57. The second-order valence-corrected chi connectivity index (χ2v) is 10.4. The van der Waals surface area contributed by atoms with Crippen molar-refractivity contribution < 1.29 is 14.4 Å². The van der Waals surface area contributed by atoms with Crippen molar-refractivity contribution in [3.05, 3.63) is 131 Å². The lowest BCUT2D eigenvalue weighted by molar-refractivity contribution is -0.121. The van der Waals surface area contributed by atoms with Crippen molar-refractivity contribution in [2.45, 2.75) is 17.5 Å². The van der Waals surface area contributed by atoms with Crippen LogP contribution in [0.5, 0.6) is 0 Å². The van der Waals surface area contributed by atoms with Gasteiger partial charge in [-0.05, 0) is 59.7 Å². The Kier molecular flexibility index (Phi) is 5.28. The first kappa shape index (κ1) is 23.6. The summed E-state index contributed by atoms with van der Waals surface area (Å²) in [5, 5.41) is 3.53. The number of hydrogen-bond donors (Lipinski definition) is 1. The summed E-state index contributed by atoms with van der Waals surface area (Å²) in [5.74, 6) is -1.97. The number of Topliss-reactive ketones (excluding diaryl/α,β-unsaturated/α-hetero) is 2. The van der Waals surface area contributed by atoms with Crippen molar-refractivity contribution in [3.63, 3.8) is 0 Å². The summed E-state index contributed by atoms with van der Waals surface area (Å²) >= 11 is 6.14. The molecular formula is C32H22ClN3O3. The Hall–Kier alpha value is -4.55. The highest BCUT2D eigenvalue weighted by Gasteiger charge is 2.70. The number of anilines is 2. The molecule has 190 valence electrons. The summed E-state index contributed by atoms with van der Waals surface area (Å²) in [6.45, 7) is 0. The van der Waals surface area contributed by atoms with Crippen LogP contribution in [0.4, 0.5) is 11.4 Å². The van der Waals surface area contributed by atoms with Gasteiger partial charge in [-0.15, -0.1) is 0 Å². The molecule has 1 spiro atoms. The van der Waals surface area contributed by atoms with E-state index in [1.54, 1.807) is 48.7 Å². The first-order valence-electron chi connectivity index (χ1n) is 12.7. The minimum absolute atomic E-state index is 0.213. The van der Waals surface area contributed by atoms with Gasteiger partial charge in [0.05, 0.1) is 12.0 Å². The van der Waals surface area contributed by atoms with Gasteiger partial charge in [0, 0.05) is 28.2 Å². The molecule has 1 saturated heterocycles. The number of benzene rings is 3. The molecule has 1 aromatic heterocycles. The second-order valence-electron chi connectivity index (χ2n) is 10.0. The smallest absolute Gasteiger partial charge is 0.238 e. The Morgan fingerprint density at radius 1 is 0.872 bits per heavy atom. The highest BCUT2D eigenvalue weighted by atomic mass is 35.5. The maximum Gasteiger partial charge on any atom is 0.238 e. The molecule has 0 bridgehead atoms. The molecule has 0 aliphatic carbocycles. The van der Waals surface area contributed by atoms with E-state index in [9.17, 15) is 14.4 Å². The van der Waals surface area contributed by atoms with Gasteiger partial charge in [-0.25, -0.2) is 0 Å². The summed E-state index contributed by atoms with van der Waals surface area (Å²) in [5.41, 5.74) is 2.33. The Morgan fingerprint density at radius 3 is 2.41 bits per heavy atom. The van der Waals surface area contributed by atoms with Crippen molar-refractivity contribution in [2.24, 2.45) is 5.92 Å². The van der Waals surface area contributed by atoms with Crippen LogP contribution < -0.4 is 10.2 Å². The SMILES string of the molecule is O=C(c1ccccn1)[C@@H]1[C@H](C(=O)c2ccc(Cl)cc2)N2c3ccccc3C=CC2[C@@]12C(=O)Nc1ccccc12. The van der Waals surface area contributed by atoms with E-state index in [-0.39, 0.29) is 23.2 Å². The second kappa shape index (κ2) is 8.75. The Balaban J connectivity index is 1.54. The molecule has 1 fully saturated rings. The van der Waals surface area contributed by atoms with Gasteiger partial charge in [-0.1, -0.05) is 66.2 Å². The molecule has 6 nitrogen and oxygen atoms in total. The Labute approximate surface area is 229 Å². The number of para-hydroxylation sites is 2. The van der Waals surface area contributed by atoms with E-state index in [4.69, 9.17) is 11.6 Å². The number of nitrogens with one attached hydrogen (secondary N) is 1. The number of nitrogens with zero attached hydrogens (tertiary/aromatic N) is 2. The van der Waals surface area contributed by atoms with Gasteiger partial charge in [-0.3, -0.25) is 19.4 Å². The standard InChI is InChI=1S/C32H22ClN3O3/c33-21-15-12-20(13-16-21)29(37)28-27(30(38)24-10-5-6-18-34-24)32(22-8-2-3-9-23(22)35-31(32)39)26-17-14-19-7-1-4-11-25(19)36(26)28/h1-18,26-28H,(H,35,39)/t26?,27-,28+,32+/m0/s1. The van der Waals surface area contributed by atoms with Crippen LogP contribution in [0.25, 0.3) is 6.08 Å². The quantitative estimate of drug-likeness (QED) is 0.347.